The molecular weight excluding hydrogens is 219 g/mol. The molecule has 16 heavy (non-hydrogen) atoms. The van der Waals surface area contributed by atoms with E-state index in [0.717, 1.165) is 25.0 Å². The van der Waals surface area contributed by atoms with E-state index < -0.39 is 11.7 Å². The summed E-state index contributed by atoms with van der Waals surface area (Å²) in [4.78, 5) is 0. The molecule has 0 unspecified atom stereocenters. The van der Waals surface area contributed by atoms with Gasteiger partial charge in [0.1, 0.15) is 5.75 Å². The number of halogens is 3. The number of nitrogens with two attached hydrogens (primary N) is 1. The molecule has 2 nitrogen and oxygen atoms in total. The number of anilines is 1. The summed E-state index contributed by atoms with van der Waals surface area (Å²) in [6.07, 6.45) is -2.19. The fraction of sp³-hybridized carbons (Fsp3) is 0.455. The summed E-state index contributed by atoms with van der Waals surface area (Å²) in [6, 6.07) is 3.14. The topological polar surface area (TPSA) is 35.2 Å². The molecule has 1 aromatic carbocycles. The monoisotopic (exact) mass is 231 g/mol. The van der Waals surface area contributed by atoms with E-state index in [1.807, 2.05) is 0 Å². The molecule has 1 fully saturated rings. The number of benzene rings is 1. The third-order valence-corrected chi connectivity index (χ3v) is 2.51. The molecule has 0 atom stereocenters. The predicted molar refractivity (Wildman–Crippen MR) is 54.1 cm³/mol. The van der Waals surface area contributed by atoms with Crippen molar-refractivity contribution in [1.82, 2.24) is 0 Å². The van der Waals surface area contributed by atoms with Gasteiger partial charge in [0.15, 0.2) is 0 Å². The molecule has 1 aromatic rings. The Kier molecular flexibility index (Phi) is 2.69. The zero-order valence-corrected chi connectivity index (χ0v) is 8.55. The molecule has 0 radical (unpaired) electrons. The van der Waals surface area contributed by atoms with Crippen molar-refractivity contribution in [2.24, 2.45) is 5.92 Å². The molecule has 1 aliphatic rings. The summed E-state index contributed by atoms with van der Waals surface area (Å²) in [7, 11) is 0. The van der Waals surface area contributed by atoms with Crippen LogP contribution in [0.5, 0.6) is 5.75 Å². The van der Waals surface area contributed by atoms with E-state index in [1.54, 1.807) is 0 Å². The van der Waals surface area contributed by atoms with E-state index in [1.165, 1.54) is 6.07 Å². The van der Waals surface area contributed by atoms with Gasteiger partial charge in [-0.05, 0) is 37.0 Å². The lowest BCUT2D eigenvalue weighted by atomic mass is 10.2. The number of nitrogen functional groups attached to an aromatic ring is 1. The summed E-state index contributed by atoms with van der Waals surface area (Å²) in [5, 5.41) is 0. The van der Waals surface area contributed by atoms with Gasteiger partial charge in [0.2, 0.25) is 0 Å². The van der Waals surface area contributed by atoms with Crippen LogP contribution in [0, 0.1) is 5.92 Å². The van der Waals surface area contributed by atoms with Crippen LogP contribution in [-0.4, -0.2) is 6.61 Å². The van der Waals surface area contributed by atoms with Crippen LogP contribution in [0.4, 0.5) is 18.9 Å². The van der Waals surface area contributed by atoms with Crippen molar-refractivity contribution in [3.8, 4) is 5.75 Å². The molecule has 88 valence electrons. The Morgan fingerprint density at radius 1 is 1.31 bits per heavy atom. The standard InChI is InChI=1S/C11H12F3NO/c12-11(13,14)8-3-4-9(15)10(5-8)16-6-7-1-2-7/h3-5,7H,1-2,6,15H2. The van der Waals surface area contributed by atoms with Gasteiger partial charge in [0, 0.05) is 0 Å². The molecule has 1 saturated carbocycles. The maximum atomic E-state index is 12.4. The molecule has 0 bridgehead atoms. The lowest BCUT2D eigenvalue weighted by Crippen LogP contribution is -2.07. The number of ether oxygens (including phenoxy) is 1. The van der Waals surface area contributed by atoms with Crippen molar-refractivity contribution in [3.05, 3.63) is 23.8 Å². The maximum absolute atomic E-state index is 12.4. The molecule has 0 spiro atoms. The number of alkyl halides is 3. The molecule has 2 N–H and O–H groups in total. The second-order valence-corrected chi connectivity index (χ2v) is 4.00. The Bertz CT molecular complexity index is 385. The smallest absolute Gasteiger partial charge is 0.416 e. The van der Waals surface area contributed by atoms with Crippen LogP contribution in [0.3, 0.4) is 0 Å². The average molecular weight is 231 g/mol. The zero-order chi connectivity index (χ0) is 11.8. The van der Waals surface area contributed by atoms with Gasteiger partial charge in [0.05, 0.1) is 17.9 Å². The van der Waals surface area contributed by atoms with Crippen LogP contribution >= 0.6 is 0 Å². The fourth-order valence-electron chi connectivity index (χ4n) is 1.33. The Morgan fingerprint density at radius 2 is 2.00 bits per heavy atom. The lowest BCUT2D eigenvalue weighted by Gasteiger charge is -2.12. The highest BCUT2D eigenvalue weighted by atomic mass is 19.4. The van der Waals surface area contributed by atoms with E-state index in [4.69, 9.17) is 10.5 Å². The number of hydrogen-bond acceptors (Lipinski definition) is 2. The summed E-state index contributed by atoms with van der Waals surface area (Å²) >= 11 is 0. The second kappa shape index (κ2) is 3.88. The van der Waals surface area contributed by atoms with Crippen LogP contribution in [0.15, 0.2) is 18.2 Å². The van der Waals surface area contributed by atoms with Gasteiger partial charge in [0.25, 0.3) is 0 Å². The lowest BCUT2D eigenvalue weighted by molar-refractivity contribution is -0.137. The Hall–Kier alpha value is -1.39. The Balaban J connectivity index is 2.14. The average Bonchev–Trinajstić information content (AvgIpc) is 2.98. The summed E-state index contributed by atoms with van der Waals surface area (Å²) in [5.41, 5.74) is 5.06. The minimum atomic E-state index is -4.36. The van der Waals surface area contributed by atoms with Gasteiger partial charge < -0.3 is 10.5 Å². The molecule has 0 aliphatic heterocycles. The van der Waals surface area contributed by atoms with Crippen LogP contribution < -0.4 is 10.5 Å². The molecule has 1 aliphatic carbocycles. The van der Waals surface area contributed by atoms with Crippen molar-refractivity contribution in [2.75, 3.05) is 12.3 Å². The molecule has 0 heterocycles. The van der Waals surface area contributed by atoms with Crippen molar-refractivity contribution in [3.63, 3.8) is 0 Å². The van der Waals surface area contributed by atoms with Gasteiger partial charge in [-0.2, -0.15) is 13.2 Å². The fourth-order valence-corrected chi connectivity index (χ4v) is 1.33. The first kappa shape index (κ1) is 11.1. The first-order valence-corrected chi connectivity index (χ1v) is 5.06. The first-order valence-electron chi connectivity index (χ1n) is 5.06. The predicted octanol–water partition coefficient (Wildman–Crippen LogP) is 3.08. The highest BCUT2D eigenvalue weighted by molar-refractivity contribution is 5.54. The largest absolute Gasteiger partial charge is 0.491 e. The van der Waals surface area contributed by atoms with Gasteiger partial charge in [-0.15, -0.1) is 0 Å². The third kappa shape index (κ3) is 2.59. The maximum Gasteiger partial charge on any atom is 0.416 e. The summed E-state index contributed by atoms with van der Waals surface area (Å²) in [6.45, 7) is 0.450. The van der Waals surface area contributed by atoms with Crippen molar-refractivity contribution in [2.45, 2.75) is 19.0 Å². The van der Waals surface area contributed by atoms with Crippen LogP contribution in [-0.2, 0) is 6.18 Å². The Morgan fingerprint density at radius 3 is 2.56 bits per heavy atom. The van der Waals surface area contributed by atoms with Crippen molar-refractivity contribution in [1.29, 1.82) is 0 Å². The van der Waals surface area contributed by atoms with E-state index in [2.05, 4.69) is 0 Å². The molecule has 0 amide bonds. The van der Waals surface area contributed by atoms with Gasteiger partial charge in [-0.1, -0.05) is 0 Å². The van der Waals surface area contributed by atoms with E-state index in [0.29, 0.717) is 12.5 Å². The quantitative estimate of drug-likeness (QED) is 0.811. The second-order valence-electron chi connectivity index (χ2n) is 4.00. The van der Waals surface area contributed by atoms with E-state index >= 15 is 0 Å². The third-order valence-electron chi connectivity index (χ3n) is 2.51. The van der Waals surface area contributed by atoms with Crippen LogP contribution in [0.2, 0.25) is 0 Å². The van der Waals surface area contributed by atoms with Crippen molar-refractivity contribution >= 4 is 5.69 Å². The van der Waals surface area contributed by atoms with Gasteiger partial charge in [-0.3, -0.25) is 0 Å². The molecule has 0 aromatic heterocycles. The van der Waals surface area contributed by atoms with Crippen molar-refractivity contribution < 1.29 is 17.9 Å². The minimum absolute atomic E-state index is 0.127. The highest BCUT2D eigenvalue weighted by Gasteiger charge is 2.31. The zero-order valence-electron chi connectivity index (χ0n) is 8.55. The summed E-state index contributed by atoms with van der Waals surface area (Å²) in [5.74, 6) is 0.607. The number of rotatable bonds is 3. The molecule has 2 rings (SSSR count). The molecular formula is C11H12F3NO. The van der Waals surface area contributed by atoms with Crippen LogP contribution in [0.25, 0.3) is 0 Å². The highest BCUT2D eigenvalue weighted by Crippen LogP contribution is 2.35. The van der Waals surface area contributed by atoms with E-state index in [9.17, 15) is 13.2 Å². The minimum Gasteiger partial charge on any atom is -0.491 e. The number of hydrogen-bond donors (Lipinski definition) is 1. The van der Waals surface area contributed by atoms with Gasteiger partial charge in [-0.25, -0.2) is 0 Å². The SMILES string of the molecule is Nc1ccc(C(F)(F)F)cc1OCC1CC1. The molecule has 5 heteroatoms. The first-order chi connectivity index (χ1) is 7.47. The van der Waals surface area contributed by atoms with Crippen LogP contribution in [0.1, 0.15) is 18.4 Å². The molecule has 0 saturated heterocycles. The Labute approximate surface area is 91.2 Å². The van der Waals surface area contributed by atoms with Gasteiger partial charge >= 0.3 is 6.18 Å². The summed E-state index contributed by atoms with van der Waals surface area (Å²) < 4.78 is 42.5. The normalized spacial score (nSPS) is 16.2. The van der Waals surface area contributed by atoms with E-state index in [-0.39, 0.29) is 11.4 Å².